The van der Waals surface area contributed by atoms with Crippen LogP contribution in [0.4, 0.5) is 11.4 Å². The van der Waals surface area contributed by atoms with E-state index < -0.39 is 46.8 Å². The third-order valence-electron chi connectivity index (χ3n) is 14.7. The molecule has 2 fully saturated rings. The molecular weight excluding hydrogens is 909 g/mol. The number of benzene rings is 4. The zero-order chi connectivity index (χ0) is 49.6. The molecule has 364 valence electrons. The van der Waals surface area contributed by atoms with Gasteiger partial charge in [-0.05, 0) is 47.2 Å². The lowest BCUT2D eigenvalue weighted by molar-refractivity contribution is -0.140. The van der Waals surface area contributed by atoms with Crippen molar-refractivity contribution >= 4 is 58.7 Å². The summed E-state index contributed by atoms with van der Waals surface area (Å²) in [4.78, 5) is 101. The summed E-state index contributed by atoms with van der Waals surface area (Å²) in [5, 5.41) is 0. The van der Waals surface area contributed by atoms with Gasteiger partial charge in [0.1, 0.15) is 11.7 Å². The van der Waals surface area contributed by atoms with Gasteiger partial charge < -0.3 is 33.5 Å². The van der Waals surface area contributed by atoms with Crippen LogP contribution in [0.15, 0.2) is 142 Å². The van der Waals surface area contributed by atoms with Gasteiger partial charge in [-0.15, -0.1) is 0 Å². The highest BCUT2D eigenvalue weighted by molar-refractivity contribution is 6.17. The quantitative estimate of drug-likeness (QED) is 0.0943. The summed E-state index contributed by atoms with van der Waals surface area (Å²) < 4.78 is 27.8. The molecule has 0 unspecified atom stereocenters. The Bertz CT molecular complexity index is 2790. The first-order valence-electron chi connectivity index (χ1n) is 23.5. The first kappa shape index (κ1) is 46.8. The van der Waals surface area contributed by atoms with Gasteiger partial charge in [0.2, 0.25) is 11.8 Å². The van der Waals surface area contributed by atoms with Crippen molar-refractivity contribution in [1.29, 1.82) is 0 Å². The normalized spacial score (nSPS) is 22.9. The number of carbonyl (C=O) groups excluding carboxylic acids is 6. The maximum Gasteiger partial charge on any atom is 0.357 e. The maximum atomic E-state index is 14.1. The lowest BCUT2D eigenvalue weighted by Crippen LogP contribution is -2.63. The summed E-state index contributed by atoms with van der Waals surface area (Å²) in [6.07, 6.45) is 0.885. The van der Waals surface area contributed by atoms with E-state index in [1.54, 1.807) is 9.80 Å². The van der Waals surface area contributed by atoms with Crippen LogP contribution in [0.5, 0.6) is 0 Å². The molecule has 71 heavy (non-hydrogen) atoms. The van der Waals surface area contributed by atoms with E-state index in [0.717, 1.165) is 33.6 Å². The van der Waals surface area contributed by atoms with Crippen LogP contribution in [0, 0.1) is 0 Å². The number of fused-ring (bicyclic) bond motifs is 2. The molecule has 6 heterocycles. The monoisotopic (exact) mass is 960 g/mol. The smallest absolute Gasteiger partial charge is 0.357 e. The van der Waals surface area contributed by atoms with Crippen molar-refractivity contribution in [1.82, 2.24) is 9.80 Å². The second-order valence-electron chi connectivity index (χ2n) is 18.1. The second-order valence-corrected chi connectivity index (χ2v) is 18.1. The SMILES string of the molecule is COC(=O)C1=C(C(=O)OC)[C@@H]2N(CCOCCN3c4ccccc4[C@]45CCC(=O)N(Cc6ccccc6)C4=NC(C(=O)OC)=C(C(=O)OC)[C@H]35)c3ccccc3[C@@]23CCC(=O)N(Cc2ccccc2)C3=N1. The molecule has 10 rings (SSSR count). The summed E-state index contributed by atoms with van der Waals surface area (Å²) in [6, 6.07) is 32.8. The van der Waals surface area contributed by atoms with Crippen molar-refractivity contribution in [3.8, 4) is 0 Å². The third-order valence-corrected chi connectivity index (χ3v) is 14.7. The highest BCUT2D eigenvalue weighted by Gasteiger charge is 2.65. The molecule has 0 radical (unpaired) electrons. The summed E-state index contributed by atoms with van der Waals surface area (Å²) >= 11 is 0. The van der Waals surface area contributed by atoms with Gasteiger partial charge in [-0.25, -0.2) is 29.2 Å². The Morgan fingerprint density at radius 3 is 1.27 bits per heavy atom. The average Bonchev–Trinajstić information content (AvgIpc) is 3.85. The van der Waals surface area contributed by atoms with E-state index >= 15 is 0 Å². The first-order chi connectivity index (χ1) is 34.5. The summed E-state index contributed by atoms with van der Waals surface area (Å²) in [5.74, 6) is -2.87. The number of anilines is 2. The number of amides is 2. The van der Waals surface area contributed by atoms with Gasteiger partial charge in [-0.2, -0.15) is 0 Å². The third kappa shape index (κ3) is 7.39. The Balaban J connectivity index is 0.992. The van der Waals surface area contributed by atoms with Crippen LogP contribution in [0.25, 0.3) is 0 Å². The molecule has 4 aromatic rings. The largest absolute Gasteiger partial charge is 0.466 e. The molecule has 4 aromatic carbocycles. The Kier molecular flexibility index (Phi) is 12.4. The van der Waals surface area contributed by atoms with Gasteiger partial charge in [-0.1, -0.05) is 97.1 Å². The summed E-state index contributed by atoms with van der Waals surface area (Å²) in [6.45, 7) is 1.04. The molecule has 2 spiro atoms. The number of carbonyl (C=O) groups is 6. The van der Waals surface area contributed by atoms with Gasteiger partial charge in [0.05, 0.1) is 88.8 Å². The van der Waals surface area contributed by atoms with Crippen molar-refractivity contribution in [2.45, 2.75) is 61.7 Å². The van der Waals surface area contributed by atoms with Crippen molar-refractivity contribution in [2.24, 2.45) is 9.98 Å². The minimum Gasteiger partial charge on any atom is -0.466 e. The molecule has 17 heteroatoms. The van der Waals surface area contributed by atoms with E-state index in [1.165, 1.54) is 28.4 Å². The zero-order valence-electron chi connectivity index (χ0n) is 39.8. The fourth-order valence-electron chi connectivity index (χ4n) is 11.8. The van der Waals surface area contributed by atoms with Crippen LogP contribution >= 0.6 is 0 Å². The Hall–Kier alpha value is -7.92. The Morgan fingerprint density at radius 1 is 0.521 bits per heavy atom. The van der Waals surface area contributed by atoms with Gasteiger partial charge in [0.15, 0.2) is 11.4 Å². The van der Waals surface area contributed by atoms with Crippen molar-refractivity contribution < 1.29 is 52.5 Å². The number of likely N-dealkylation sites (tertiary alicyclic amines) is 2. The maximum absolute atomic E-state index is 14.1. The first-order valence-corrected chi connectivity index (χ1v) is 23.5. The summed E-state index contributed by atoms with van der Waals surface area (Å²) in [5.41, 5.74) is 2.36. The fraction of sp³-hybridized carbons (Fsp3) is 0.333. The van der Waals surface area contributed by atoms with Crippen molar-refractivity contribution in [3.05, 3.63) is 154 Å². The number of hydrogen-bond donors (Lipinski definition) is 0. The molecule has 4 atom stereocenters. The number of methoxy groups -OCH3 is 4. The molecule has 0 N–H and O–H groups in total. The second kappa shape index (κ2) is 18.8. The number of hydrogen-bond acceptors (Lipinski definition) is 15. The fourth-order valence-corrected chi connectivity index (χ4v) is 11.8. The van der Waals surface area contributed by atoms with Gasteiger partial charge in [0.25, 0.3) is 0 Å². The van der Waals surface area contributed by atoms with E-state index in [2.05, 4.69) is 0 Å². The number of amidine groups is 2. The number of rotatable bonds is 14. The van der Waals surface area contributed by atoms with Crippen molar-refractivity contribution in [2.75, 3.05) is 64.5 Å². The van der Waals surface area contributed by atoms with E-state index in [4.69, 9.17) is 33.7 Å². The molecule has 6 aliphatic rings. The van der Waals surface area contributed by atoms with E-state index in [-0.39, 0.29) is 86.6 Å². The predicted molar refractivity (Wildman–Crippen MR) is 259 cm³/mol. The Morgan fingerprint density at radius 2 is 0.887 bits per heavy atom. The number of piperidine rings is 2. The highest BCUT2D eigenvalue weighted by Crippen LogP contribution is 2.58. The van der Waals surface area contributed by atoms with Gasteiger partial charge >= 0.3 is 23.9 Å². The molecule has 17 nitrogen and oxygen atoms in total. The molecule has 0 saturated carbocycles. The number of esters is 4. The molecular formula is C54H52N6O11. The summed E-state index contributed by atoms with van der Waals surface area (Å²) in [7, 11) is 4.93. The Labute approximate surface area is 410 Å². The van der Waals surface area contributed by atoms with E-state index in [1.807, 2.05) is 119 Å². The van der Waals surface area contributed by atoms with Crippen LogP contribution in [-0.2, 0) is 76.4 Å². The molecule has 2 saturated heterocycles. The number of para-hydroxylation sites is 2. The van der Waals surface area contributed by atoms with Crippen LogP contribution < -0.4 is 9.80 Å². The van der Waals surface area contributed by atoms with E-state index in [9.17, 15) is 28.8 Å². The molecule has 6 aliphatic heterocycles. The van der Waals surface area contributed by atoms with Gasteiger partial charge in [-0.3, -0.25) is 19.4 Å². The lowest BCUT2D eigenvalue weighted by atomic mass is 9.65. The predicted octanol–water partition coefficient (Wildman–Crippen LogP) is 4.93. The standard InChI is InChI=1S/C54H52N6O11/c1-67-47(63)41-43(49(65)69-3)55-51-53(25-23-39(61)59(51)31-33-15-7-5-8-16-33)35-19-11-13-21-37(35)57(45(41)53)27-29-71-30-28-58-38-22-14-12-20-36(38)54-26-24-40(62)60(32-34-17-9-6-10-18-34)52(54)56-44(50(66)70-4)42(46(54)58)48(64)68-2/h5-22,45-46H,23-32H2,1-4H3/t45-,46-,53-,54-/m0/s1. The van der Waals surface area contributed by atoms with Gasteiger partial charge in [0, 0.05) is 37.3 Å². The minimum atomic E-state index is -1.06. The molecule has 0 aromatic heterocycles. The number of aliphatic imine (C=N–C) groups is 2. The van der Waals surface area contributed by atoms with Crippen LogP contribution in [0.3, 0.4) is 0 Å². The van der Waals surface area contributed by atoms with Crippen LogP contribution in [0.2, 0.25) is 0 Å². The topological polar surface area (TPSA) is 186 Å². The molecule has 0 aliphatic carbocycles. The number of nitrogens with zero attached hydrogens (tertiary/aromatic N) is 6. The lowest BCUT2D eigenvalue weighted by Gasteiger charge is -2.49. The van der Waals surface area contributed by atoms with E-state index in [0.29, 0.717) is 24.5 Å². The van der Waals surface area contributed by atoms with Crippen molar-refractivity contribution in [3.63, 3.8) is 0 Å². The van der Waals surface area contributed by atoms with Crippen LogP contribution in [-0.4, -0.2) is 124 Å². The molecule has 0 bridgehead atoms. The van der Waals surface area contributed by atoms with Crippen LogP contribution in [0.1, 0.15) is 47.9 Å². The zero-order valence-corrected chi connectivity index (χ0v) is 39.8. The average molecular weight is 961 g/mol. The number of ether oxygens (including phenoxy) is 5. The molecule has 2 amide bonds. The highest BCUT2D eigenvalue weighted by atomic mass is 16.5. The minimum absolute atomic E-state index is 0.0119.